The first-order chi connectivity index (χ1) is 9.34. The molecule has 2 aromatic rings. The van der Waals surface area contributed by atoms with Gasteiger partial charge in [-0.1, -0.05) is 6.07 Å². The summed E-state index contributed by atoms with van der Waals surface area (Å²) in [6.07, 6.45) is 0. The molecule has 0 aliphatic rings. The molecule has 0 aliphatic heterocycles. The summed E-state index contributed by atoms with van der Waals surface area (Å²) in [5, 5.41) is 15.0. The number of carboxylic acids is 1. The summed E-state index contributed by atoms with van der Waals surface area (Å²) in [7, 11) is 1.28. The van der Waals surface area contributed by atoms with Crippen LogP contribution in [-0.4, -0.2) is 28.4 Å². The number of aromatic nitrogens is 2. The van der Waals surface area contributed by atoms with Gasteiger partial charge in [0, 0.05) is 12.5 Å². The topological polar surface area (TPSA) is 75.2 Å². The Morgan fingerprint density at radius 2 is 2.15 bits per heavy atom. The smallest absolute Gasteiger partial charge is 0.353 e. The van der Waals surface area contributed by atoms with E-state index in [4.69, 9.17) is 9.84 Å². The summed E-state index contributed by atoms with van der Waals surface area (Å²) in [6.45, 7) is 0.766. The molecule has 0 spiro atoms. The van der Waals surface area contributed by atoms with Crippen LogP contribution in [0.5, 0.6) is 5.75 Å². The number of rotatable bonds is 4. The van der Waals surface area contributed by atoms with E-state index in [-0.39, 0.29) is 22.7 Å². The summed E-state index contributed by atoms with van der Waals surface area (Å²) < 4.78 is 32.1. The van der Waals surface area contributed by atoms with Gasteiger partial charge in [-0.3, -0.25) is 5.10 Å². The lowest BCUT2D eigenvalue weighted by atomic mass is 10.0. The van der Waals surface area contributed by atoms with Gasteiger partial charge >= 0.3 is 5.97 Å². The fraction of sp³-hybridized carbons (Fsp3) is 0.231. The molecule has 0 atom stereocenters. The summed E-state index contributed by atoms with van der Waals surface area (Å²) in [5.41, 5.74) is 0.119. The predicted octanol–water partition coefficient (Wildman–Crippen LogP) is 2.90. The number of alkyl halides is 2. The van der Waals surface area contributed by atoms with E-state index in [1.165, 1.54) is 31.4 Å². The highest BCUT2D eigenvalue weighted by atomic mass is 19.3. The molecule has 0 bridgehead atoms. The molecule has 1 heterocycles. The van der Waals surface area contributed by atoms with Crippen LogP contribution in [0.15, 0.2) is 24.3 Å². The van der Waals surface area contributed by atoms with E-state index in [2.05, 4.69) is 10.2 Å². The molecule has 2 rings (SSSR count). The quantitative estimate of drug-likeness (QED) is 0.904. The van der Waals surface area contributed by atoms with E-state index in [1.807, 2.05) is 0 Å². The van der Waals surface area contributed by atoms with Gasteiger partial charge in [0.2, 0.25) is 0 Å². The molecule has 106 valence electrons. The van der Waals surface area contributed by atoms with Crippen LogP contribution in [-0.2, 0) is 5.92 Å². The van der Waals surface area contributed by atoms with Crippen molar-refractivity contribution in [3.8, 4) is 17.0 Å². The first-order valence-electron chi connectivity index (χ1n) is 5.69. The largest absolute Gasteiger partial charge is 0.496 e. The fourth-order valence-electron chi connectivity index (χ4n) is 1.87. The van der Waals surface area contributed by atoms with Gasteiger partial charge in [0.05, 0.1) is 18.4 Å². The molecular formula is C13H12F2N2O3. The van der Waals surface area contributed by atoms with Crippen molar-refractivity contribution in [3.05, 3.63) is 35.5 Å². The van der Waals surface area contributed by atoms with E-state index in [9.17, 15) is 13.6 Å². The number of hydrogen-bond donors (Lipinski definition) is 2. The highest BCUT2D eigenvalue weighted by Crippen LogP contribution is 2.40. The number of ether oxygens (including phenoxy) is 1. The number of nitrogens with zero attached hydrogens (tertiary/aromatic N) is 1. The highest BCUT2D eigenvalue weighted by Gasteiger charge is 2.30. The van der Waals surface area contributed by atoms with E-state index in [1.54, 1.807) is 0 Å². The summed E-state index contributed by atoms with van der Waals surface area (Å²) in [6, 6.07) is 5.50. The lowest BCUT2D eigenvalue weighted by Gasteiger charge is -2.17. The Bertz CT molecular complexity index is 647. The van der Waals surface area contributed by atoms with Crippen LogP contribution >= 0.6 is 0 Å². The Kier molecular flexibility index (Phi) is 3.44. The van der Waals surface area contributed by atoms with E-state index < -0.39 is 11.9 Å². The molecule has 20 heavy (non-hydrogen) atoms. The molecule has 1 aromatic heterocycles. The Labute approximate surface area is 113 Å². The monoisotopic (exact) mass is 282 g/mol. The second-order valence-electron chi connectivity index (χ2n) is 4.25. The maximum atomic E-state index is 13.5. The van der Waals surface area contributed by atoms with Crippen molar-refractivity contribution in [1.82, 2.24) is 10.2 Å². The van der Waals surface area contributed by atoms with Crippen LogP contribution in [0.3, 0.4) is 0 Å². The molecule has 5 nitrogen and oxygen atoms in total. The van der Waals surface area contributed by atoms with Crippen molar-refractivity contribution >= 4 is 5.97 Å². The number of aromatic carboxylic acids is 1. The minimum Gasteiger partial charge on any atom is -0.496 e. The first-order valence-corrected chi connectivity index (χ1v) is 5.69. The zero-order chi connectivity index (χ0) is 14.9. The minimum absolute atomic E-state index is 0.0246. The molecule has 0 radical (unpaired) electrons. The fourth-order valence-corrected chi connectivity index (χ4v) is 1.87. The van der Waals surface area contributed by atoms with Crippen LogP contribution in [0.4, 0.5) is 8.78 Å². The molecule has 0 aliphatic carbocycles. The van der Waals surface area contributed by atoms with Crippen LogP contribution in [0.25, 0.3) is 11.3 Å². The standard InChI is InChI=1S/C13H12F2N2O3/c1-13(14,15)8-5-3-4-7(11(8)20-2)9-6-10(12(18)19)17-16-9/h3-6H,1-2H3,(H,16,17)(H,18,19). The van der Waals surface area contributed by atoms with Crippen LogP contribution in [0, 0.1) is 0 Å². The Morgan fingerprint density at radius 1 is 1.45 bits per heavy atom. The van der Waals surface area contributed by atoms with E-state index >= 15 is 0 Å². The SMILES string of the molecule is COc1c(-c2cc(C(=O)O)[nH]n2)cccc1C(C)(F)F. The van der Waals surface area contributed by atoms with Gasteiger partial charge in [-0.2, -0.15) is 5.10 Å². The number of methoxy groups -OCH3 is 1. The predicted molar refractivity (Wildman–Crippen MR) is 67.1 cm³/mol. The van der Waals surface area contributed by atoms with Crippen molar-refractivity contribution in [2.24, 2.45) is 0 Å². The zero-order valence-corrected chi connectivity index (χ0v) is 10.8. The zero-order valence-electron chi connectivity index (χ0n) is 10.8. The normalized spacial score (nSPS) is 11.4. The Balaban J connectivity index is 2.59. The summed E-state index contributed by atoms with van der Waals surface area (Å²) >= 11 is 0. The molecule has 1 aromatic carbocycles. The number of aromatic amines is 1. The summed E-state index contributed by atoms with van der Waals surface area (Å²) in [4.78, 5) is 10.8. The maximum absolute atomic E-state index is 13.5. The Morgan fingerprint density at radius 3 is 2.65 bits per heavy atom. The third-order valence-corrected chi connectivity index (χ3v) is 2.78. The number of H-pyrrole nitrogens is 1. The molecular weight excluding hydrogens is 270 g/mol. The average Bonchev–Trinajstić information content (AvgIpc) is 2.86. The van der Waals surface area contributed by atoms with Crippen molar-refractivity contribution in [1.29, 1.82) is 0 Å². The number of carboxylic acid groups (broad SMARTS) is 1. The van der Waals surface area contributed by atoms with Gasteiger partial charge in [-0.15, -0.1) is 0 Å². The number of para-hydroxylation sites is 1. The molecule has 0 saturated carbocycles. The molecule has 7 heteroatoms. The maximum Gasteiger partial charge on any atom is 0.353 e. The van der Waals surface area contributed by atoms with E-state index in [0.717, 1.165) is 6.92 Å². The second-order valence-corrected chi connectivity index (χ2v) is 4.25. The van der Waals surface area contributed by atoms with Gasteiger partial charge in [0.1, 0.15) is 11.4 Å². The Hall–Kier alpha value is -2.44. The summed E-state index contributed by atoms with van der Waals surface area (Å²) in [5.74, 6) is -4.28. The molecule has 0 fully saturated rings. The van der Waals surface area contributed by atoms with Crippen LogP contribution in [0.2, 0.25) is 0 Å². The number of benzene rings is 1. The third kappa shape index (κ3) is 2.47. The third-order valence-electron chi connectivity index (χ3n) is 2.78. The number of carbonyl (C=O) groups is 1. The van der Waals surface area contributed by atoms with Crippen molar-refractivity contribution in [3.63, 3.8) is 0 Å². The molecule has 0 amide bonds. The lowest BCUT2D eigenvalue weighted by molar-refractivity contribution is 0.0151. The molecule has 0 unspecified atom stereocenters. The van der Waals surface area contributed by atoms with Gasteiger partial charge in [-0.25, -0.2) is 13.6 Å². The minimum atomic E-state index is -3.08. The van der Waals surface area contributed by atoms with Crippen molar-refractivity contribution in [2.75, 3.05) is 7.11 Å². The molecule has 0 saturated heterocycles. The molecule has 2 N–H and O–H groups in total. The van der Waals surface area contributed by atoms with Gasteiger partial charge < -0.3 is 9.84 Å². The average molecular weight is 282 g/mol. The highest BCUT2D eigenvalue weighted by molar-refractivity contribution is 5.87. The van der Waals surface area contributed by atoms with Gasteiger partial charge in [-0.05, 0) is 18.2 Å². The van der Waals surface area contributed by atoms with Crippen molar-refractivity contribution in [2.45, 2.75) is 12.8 Å². The second kappa shape index (κ2) is 4.92. The van der Waals surface area contributed by atoms with E-state index in [0.29, 0.717) is 5.56 Å². The van der Waals surface area contributed by atoms with Crippen molar-refractivity contribution < 1.29 is 23.4 Å². The number of hydrogen-bond acceptors (Lipinski definition) is 3. The van der Waals surface area contributed by atoms with Gasteiger partial charge in [0.15, 0.2) is 0 Å². The van der Waals surface area contributed by atoms with Crippen LogP contribution < -0.4 is 4.74 Å². The first kappa shape index (κ1) is 14.0. The van der Waals surface area contributed by atoms with Gasteiger partial charge in [0.25, 0.3) is 5.92 Å². The van der Waals surface area contributed by atoms with Crippen LogP contribution in [0.1, 0.15) is 23.0 Å². The number of halogens is 2. The lowest BCUT2D eigenvalue weighted by Crippen LogP contribution is -2.09. The number of nitrogens with one attached hydrogen (secondary N) is 1.